The molecule has 3 N–H and O–H groups in total. The standard InChI is InChI=1S/C9H16N2OS/c1-5(4-10)8(12)9-6(2)11-7(3)13-9/h5,8,12H,4,10H2,1-3H3. The van der Waals surface area contributed by atoms with Gasteiger partial charge in [0, 0.05) is 0 Å². The quantitative estimate of drug-likeness (QED) is 0.775. The molecule has 0 saturated heterocycles. The van der Waals surface area contributed by atoms with Crippen LogP contribution in [-0.2, 0) is 0 Å². The van der Waals surface area contributed by atoms with Gasteiger partial charge in [-0.05, 0) is 26.3 Å². The fraction of sp³-hybridized carbons (Fsp3) is 0.667. The fourth-order valence-corrected chi connectivity index (χ4v) is 2.26. The van der Waals surface area contributed by atoms with Crippen LogP contribution in [0.4, 0.5) is 0 Å². The highest BCUT2D eigenvalue weighted by Crippen LogP contribution is 2.29. The van der Waals surface area contributed by atoms with Crippen molar-refractivity contribution < 1.29 is 5.11 Å². The Labute approximate surface area is 82.6 Å². The van der Waals surface area contributed by atoms with Crippen LogP contribution in [0, 0.1) is 19.8 Å². The molecule has 0 amide bonds. The van der Waals surface area contributed by atoms with E-state index in [1.54, 1.807) is 11.3 Å². The summed E-state index contributed by atoms with van der Waals surface area (Å²) in [5.41, 5.74) is 6.42. The van der Waals surface area contributed by atoms with E-state index in [0.29, 0.717) is 6.54 Å². The van der Waals surface area contributed by atoms with E-state index in [0.717, 1.165) is 15.6 Å². The maximum Gasteiger partial charge on any atom is 0.0938 e. The molecule has 2 unspecified atom stereocenters. The van der Waals surface area contributed by atoms with Crippen LogP contribution in [0.2, 0.25) is 0 Å². The summed E-state index contributed by atoms with van der Waals surface area (Å²) < 4.78 is 0. The molecule has 3 nitrogen and oxygen atoms in total. The first-order valence-electron chi connectivity index (χ1n) is 4.38. The van der Waals surface area contributed by atoms with E-state index in [2.05, 4.69) is 4.98 Å². The van der Waals surface area contributed by atoms with Gasteiger partial charge in [0.15, 0.2) is 0 Å². The van der Waals surface area contributed by atoms with Crippen molar-refractivity contribution in [2.75, 3.05) is 6.54 Å². The first-order valence-corrected chi connectivity index (χ1v) is 5.20. The van der Waals surface area contributed by atoms with Crippen molar-refractivity contribution in [2.45, 2.75) is 26.9 Å². The molecule has 0 aliphatic rings. The zero-order valence-electron chi connectivity index (χ0n) is 8.24. The number of thiazole rings is 1. The van der Waals surface area contributed by atoms with Crippen LogP contribution in [0.25, 0.3) is 0 Å². The lowest BCUT2D eigenvalue weighted by atomic mass is 10.0. The van der Waals surface area contributed by atoms with Crippen LogP contribution < -0.4 is 5.73 Å². The summed E-state index contributed by atoms with van der Waals surface area (Å²) in [6, 6.07) is 0. The van der Waals surface area contributed by atoms with Gasteiger partial charge in [-0.2, -0.15) is 0 Å². The third kappa shape index (κ3) is 2.27. The molecule has 0 aliphatic heterocycles. The predicted octanol–water partition coefficient (Wildman–Crippen LogP) is 1.39. The Morgan fingerprint density at radius 1 is 1.54 bits per heavy atom. The maximum atomic E-state index is 9.87. The zero-order valence-corrected chi connectivity index (χ0v) is 9.06. The molecule has 74 valence electrons. The van der Waals surface area contributed by atoms with E-state index in [9.17, 15) is 5.11 Å². The maximum absolute atomic E-state index is 9.87. The third-order valence-corrected chi connectivity index (χ3v) is 3.26. The second kappa shape index (κ2) is 4.17. The summed E-state index contributed by atoms with van der Waals surface area (Å²) in [5.74, 6) is 0.0959. The molecule has 2 atom stereocenters. The van der Waals surface area contributed by atoms with E-state index in [1.165, 1.54) is 0 Å². The summed E-state index contributed by atoms with van der Waals surface area (Å²) in [6.07, 6.45) is -0.462. The monoisotopic (exact) mass is 200 g/mol. The Balaban J connectivity index is 2.87. The Bertz CT molecular complexity index is 285. The van der Waals surface area contributed by atoms with Crippen LogP contribution in [0.5, 0.6) is 0 Å². The van der Waals surface area contributed by atoms with Crippen molar-refractivity contribution in [2.24, 2.45) is 11.7 Å². The first-order chi connectivity index (χ1) is 6.06. The average molecular weight is 200 g/mol. The van der Waals surface area contributed by atoms with Gasteiger partial charge < -0.3 is 10.8 Å². The van der Waals surface area contributed by atoms with Crippen LogP contribution in [0.15, 0.2) is 0 Å². The van der Waals surface area contributed by atoms with Crippen LogP contribution in [0.3, 0.4) is 0 Å². The lowest BCUT2D eigenvalue weighted by Crippen LogP contribution is -2.18. The summed E-state index contributed by atoms with van der Waals surface area (Å²) in [7, 11) is 0. The highest BCUT2D eigenvalue weighted by Gasteiger charge is 2.19. The highest BCUT2D eigenvalue weighted by atomic mass is 32.1. The molecule has 1 aromatic heterocycles. The van der Waals surface area contributed by atoms with Gasteiger partial charge in [-0.1, -0.05) is 6.92 Å². The summed E-state index contributed by atoms with van der Waals surface area (Å²) in [6.45, 7) is 6.31. The first kappa shape index (κ1) is 10.6. The van der Waals surface area contributed by atoms with Crippen molar-refractivity contribution >= 4 is 11.3 Å². The number of nitrogens with two attached hydrogens (primary N) is 1. The van der Waals surface area contributed by atoms with Crippen molar-refractivity contribution in [3.63, 3.8) is 0 Å². The molecule has 1 rings (SSSR count). The summed E-state index contributed by atoms with van der Waals surface area (Å²) in [4.78, 5) is 5.22. The van der Waals surface area contributed by atoms with Gasteiger partial charge in [-0.3, -0.25) is 0 Å². The number of hydrogen-bond donors (Lipinski definition) is 2. The van der Waals surface area contributed by atoms with Gasteiger partial charge in [0.05, 0.1) is 21.7 Å². The molecule has 0 bridgehead atoms. The minimum absolute atomic E-state index is 0.0959. The highest BCUT2D eigenvalue weighted by molar-refractivity contribution is 7.11. The molecule has 0 spiro atoms. The van der Waals surface area contributed by atoms with Crippen molar-refractivity contribution in [1.29, 1.82) is 0 Å². The van der Waals surface area contributed by atoms with Gasteiger partial charge in [0.25, 0.3) is 0 Å². The molecular formula is C9H16N2OS. The van der Waals surface area contributed by atoms with E-state index < -0.39 is 6.10 Å². The number of hydrogen-bond acceptors (Lipinski definition) is 4. The lowest BCUT2D eigenvalue weighted by molar-refractivity contribution is 0.124. The van der Waals surface area contributed by atoms with Crippen LogP contribution >= 0.6 is 11.3 Å². The van der Waals surface area contributed by atoms with E-state index in [4.69, 9.17) is 5.73 Å². The predicted molar refractivity (Wildman–Crippen MR) is 54.8 cm³/mol. The Kier molecular flexibility index (Phi) is 3.41. The molecule has 0 radical (unpaired) electrons. The van der Waals surface area contributed by atoms with Crippen LogP contribution in [0.1, 0.15) is 28.6 Å². The second-order valence-corrected chi connectivity index (χ2v) is 4.58. The summed E-state index contributed by atoms with van der Waals surface area (Å²) in [5, 5.41) is 10.9. The van der Waals surface area contributed by atoms with Crippen molar-refractivity contribution in [1.82, 2.24) is 4.98 Å². The Morgan fingerprint density at radius 2 is 2.15 bits per heavy atom. The fourth-order valence-electron chi connectivity index (χ4n) is 1.21. The molecule has 0 saturated carbocycles. The molecule has 1 aromatic rings. The van der Waals surface area contributed by atoms with Gasteiger partial charge in [0.1, 0.15) is 0 Å². The Morgan fingerprint density at radius 3 is 2.54 bits per heavy atom. The van der Waals surface area contributed by atoms with E-state index in [1.807, 2.05) is 20.8 Å². The molecule has 0 aromatic carbocycles. The van der Waals surface area contributed by atoms with Crippen molar-refractivity contribution in [3.8, 4) is 0 Å². The van der Waals surface area contributed by atoms with E-state index in [-0.39, 0.29) is 5.92 Å². The number of aliphatic hydroxyl groups excluding tert-OH is 1. The average Bonchev–Trinajstić information content (AvgIpc) is 2.42. The van der Waals surface area contributed by atoms with Gasteiger partial charge in [-0.25, -0.2) is 4.98 Å². The zero-order chi connectivity index (χ0) is 10.0. The number of aromatic nitrogens is 1. The van der Waals surface area contributed by atoms with Gasteiger partial charge in [0.2, 0.25) is 0 Å². The topological polar surface area (TPSA) is 59.1 Å². The van der Waals surface area contributed by atoms with Gasteiger partial charge >= 0.3 is 0 Å². The molecule has 13 heavy (non-hydrogen) atoms. The van der Waals surface area contributed by atoms with Crippen LogP contribution in [-0.4, -0.2) is 16.6 Å². The molecule has 1 heterocycles. The smallest absolute Gasteiger partial charge is 0.0938 e. The number of nitrogens with zero attached hydrogens (tertiary/aromatic N) is 1. The van der Waals surface area contributed by atoms with Gasteiger partial charge in [-0.15, -0.1) is 11.3 Å². The normalized spacial score (nSPS) is 15.8. The molecular weight excluding hydrogens is 184 g/mol. The largest absolute Gasteiger partial charge is 0.387 e. The number of aryl methyl sites for hydroxylation is 2. The number of aliphatic hydroxyl groups is 1. The summed E-state index contributed by atoms with van der Waals surface area (Å²) >= 11 is 1.55. The third-order valence-electron chi connectivity index (χ3n) is 2.12. The number of rotatable bonds is 3. The Hall–Kier alpha value is -0.450. The van der Waals surface area contributed by atoms with Crippen molar-refractivity contribution in [3.05, 3.63) is 15.6 Å². The minimum atomic E-state index is -0.462. The van der Waals surface area contributed by atoms with E-state index >= 15 is 0 Å². The minimum Gasteiger partial charge on any atom is -0.387 e. The molecule has 0 aliphatic carbocycles. The lowest BCUT2D eigenvalue weighted by Gasteiger charge is -2.15. The second-order valence-electron chi connectivity index (χ2n) is 3.34. The SMILES string of the molecule is Cc1nc(C)c(C(O)C(C)CN)s1. The molecule has 4 heteroatoms. The molecule has 0 fully saturated rings.